The second-order valence-corrected chi connectivity index (χ2v) is 5.01. The van der Waals surface area contributed by atoms with Gasteiger partial charge in [0, 0.05) is 32.5 Å². The Balaban J connectivity index is 0.00000529. The van der Waals surface area contributed by atoms with Crippen molar-refractivity contribution in [1.82, 2.24) is 10.6 Å². The minimum Gasteiger partial charge on any atom is -0.382 e. The van der Waals surface area contributed by atoms with Crippen LogP contribution in [0.1, 0.15) is 25.8 Å². The number of halogens is 1. The van der Waals surface area contributed by atoms with Crippen LogP contribution in [0.5, 0.6) is 0 Å². The van der Waals surface area contributed by atoms with E-state index in [2.05, 4.69) is 27.9 Å². The van der Waals surface area contributed by atoms with E-state index in [9.17, 15) is 4.79 Å². The molecule has 1 amide bonds. The van der Waals surface area contributed by atoms with Crippen molar-refractivity contribution < 1.29 is 9.53 Å². The van der Waals surface area contributed by atoms with Crippen LogP contribution in [0.25, 0.3) is 0 Å². The van der Waals surface area contributed by atoms with Crippen LogP contribution in [-0.4, -0.2) is 45.2 Å². The molecule has 0 aliphatic rings. The van der Waals surface area contributed by atoms with Gasteiger partial charge in [0.25, 0.3) is 0 Å². The fourth-order valence-electron chi connectivity index (χ4n) is 1.98. The van der Waals surface area contributed by atoms with Crippen LogP contribution in [-0.2, 0) is 16.0 Å². The number of rotatable bonds is 9. The number of amides is 1. The van der Waals surface area contributed by atoms with Crippen molar-refractivity contribution >= 4 is 41.5 Å². The first kappa shape index (κ1) is 22.6. The first-order valence-corrected chi connectivity index (χ1v) is 8.10. The maximum Gasteiger partial charge on any atom is 0.243 e. The van der Waals surface area contributed by atoms with E-state index in [4.69, 9.17) is 4.74 Å². The van der Waals surface area contributed by atoms with Crippen LogP contribution in [0.4, 0.5) is 5.69 Å². The molecule has 0 bridgehead atoms. The maximum absolute atomic E-state index is 12.0. The van der Waals surface area contributed by atoms with Gasteiger partial charge in [0.15, 0.2) is 5.96 Å². The van der Waals surface area contributed by atoms with E-state index in [1.165, 1.54) is 5.56 Å². The Labute approximate surface area is 161 Å². The number of hydrogen-bond donors (Lipinski definition) is 3. The Morgan fingerprint density at radius 3 is 2.71 bits per heavy atom. The quantitative estimate of drug-likeness (QED) is 0.235. The van der Waals surface area contributed by atoms with Crippen molar-refractivity contribution in [2.75, 3.05) is 38.7 Å². The molecule has 1 aromatic carbocycles. The van der Waals surface area contributed by atoms with E-state index in [1.807, 2.05) is 31.2 Å². The minimum absolute atomic E-state index is 0. The highest BCUT2D eigenvalue weighted by atomic mass is 127. The highest BCUT2D eigenvalue weighted by Gasteiger charge is 2.04. The van der Waals surface area contributed by atoms with Crippen LogP contribution in [0.2, 0.25) is 0 Å². The van der Waals surface area contributed by atoms with E-state index in [1.54, 1.807) is 7.05 Å². The predicted octanol–water partition coefficient (Wildman–Crippen LogP) is 2.40. The van der Waals surface area contributed by atoms with Gasteiger partial charge in [0.05, 0.1) is 6.54 Å². The van der Waals surface area contributed by atoms with Crippen molar-refractivity contribution in [2.45, 2.75) is 26.7 Å². The molecular formula is C17H29IN4O2. The molecule has 0 fully saturated rings. The monoisotopic (exact) mass is 448 g/mol. The molecule has 1 aromatic rings. The molecule has 0 saturated heterocycles. The third kappa shape index (κ3) is 9.71. The number of hydrogen-bond acceptors (Lipinski definition) is 3. The summed E-state index contributed by atoms with van der Waals surface area (Å²) in [6, 6.07) is 7.86. The molecule has 0 unspecified atom stereocenters. The average molecular weight is 448 g/mol. The highest BCUT2D eigenvalue weighted by molar-refractivity contribution is 14.0. The van der Waals surface area contributed by atoms with Gasteiger partial charge in [-0.3, -0.25) is 9.79 Å². The van der Waals surface area contributed by atoms with Crippen molar-refractivity contribution in [3.05, 3.63) is 29.8 Å². The topological polar surface area (TPSA) is 74.8 Å². The number of nitrogens with zero attached hydrogens (tertiary/aromatic N) is 1. The summed E-state index contributed by atoms with van der Waals surface area (Å²) in [4.78, 5) is 16.1. The van der Waals surface area contributed by atoms with Crippen LogP contribution >= 0.6 is 24.0 Å². The third-order valence-corrected chi connectivity index (χ3v) is 3.22. The summed E-state index contributed by atoms with van der Waals surface area (Å²) < 4.78 is 5.27. The van der Waals surface area contributed by atoms with Gasteiger partial charge in [-0.15, -0.1) is 24.0 Å². The lowest BCUT2D eigenvalue weighted by Gasteiger charge is -2.12. The zero-order valence-corrected chi connectivity index (χ0v) is 17.1. The Kier molecular flexibility index (Phi) is 13.2. The molecule has 0 aliphatic heterocycles. The normalized spacial score (nSPS) is 10.7. The summed E-state index contributed by atoms with van der Waals surface area (Å²) in [6.07, 6.45) is 1.84. The van der Waals surface area contributed by atoms with Gasteiger partial charge in [0.1, 0.15) is 0 Å². The van der Waals surface area contributed by atoms with Crippen LogP contribution in [0.15, 0.2) is 29.3 Å². The molecule has 0 aliphatic carbocycles. The van der Waals surface area contributed by atoms with Gasteiger partial charge < -0.3 is 20.7 Å². The van der Waals surface area contributed by atoms with Crippen molar-refractivity contribution in [3.8, 4) is 0 Å². The molecule has 136 valence electrons. The lowest BCUT2D eigenvalue weighted by Crippen LogP contribution is -2.41. The number of carbonyl (C=O) groups is 1. The van der Waals surface area contributed by atoms with E-state index in [-0.39, 0.29) is 36.4 Å². The smallest absolute Gasteiger partial charge is 0.243 e. The second kappa shape index (κ2) is 14.0. The highest BCUT2D eigenvalue weighted by Crippen LogP contribution is 2.10. The lowest BCUT2D eigenvalue weighted by atomic mass is 10.1. The largest absolute Gasteiger partial charge is 0.382 e. The number of benzene rings is 1. The Bertz CT molecular complexity index is 509. The summed E-state index contributed by atoms with van der Waals surface area (Å²) in [6.45, 7) is 6.43. The van der Waals surface area contributed by atoms with E-state index in [0.29, 0.717) is 5.96 Å². The molecule has 24 heavy (non-hydrogen) atoms. The van der Waals surface area contributed by atoms with Gasteiger partial charge in [-0.05, 0) is 37.5 Å². The average Bonchev–Trinajstić information content (AvgIpc) is 2.57. The van der Waals surface area contributed by atoms with Crippen LogP contribution < -0.4 is 16.0 Å². The van der Waals surface area contributed by atoms with Crippen LogP contribution in [0, 0.1) is 0 Å². The van der Waals surface area contributed by atoms with E-state index < -0.39 is 0 Å². The Morgan fingerprint density at radius 1 is 1.25 bits per heavy atom. The lowest BCUT2D eigenvalue weighted by molar-refractivity contribution is -0.115. The van der Waals surface area contributed by atoms with Gasteiger partial charge in [-0.1, -0.05) is 19.1 Å². The van der Waals surface area contributed by atoms with Crippen molar-refractivity contribution in [1.29, 1.82) is 0 Å². The SMILES string of the molecule is CCOCCCNC(=NC)NCC(=O)Nc1cccc(CC)c1.I. The number of aryl methyl sites for hydroxylation is 1. The van der Waals surface area contributed by atoms with E-state index >= 15 is 0 Å². The van der Waals surface area contributed by atoms with Gasteiger partial charge >= 0.3 is 0 Å². The second-order valence-electron chi connectivity index (χ2n) is 5.01. The number of carbonyl (C=O) groups excluding carboxylic acids is 1. The van der Waals surface area contributed by atoms with Crippen molar-refractivity contribution in [3.63, 3.8) is 0 Å². The third-order valence-electron chi connectivity index (χ3n) is 3.22. The molecule has 3 N–H and O–H groups in total. The fourth-order valence-corrected chi connectivity index (χ4v) is 1.98. The molecule has 6 nitrogen and oxygen atoms in total. The molecule has 7 heteroatoms. The Morgan fingerprint density at radius 2 is 2.04 bits per heavy atom. The van der Waals surface area contributed by atoms with Gasteiger partial charge in [-0.2, -0.15) is 0 Å². The van der Waals surface area contributed by atoms with Crippen molar-refractivity contribution in [2.24, 2.45) is 4.99 Å². The Hall–Kier alpha value is -1.35. The number of ether oxygens (including phenoxy) is 1. The summed E-state index contributed by atoms with van der Waals surface area (Å²) in [5, 5.41) is 9.02. The van der Waals surface area contributed by atoms with E-state index in [0.717, 1.165) is 38.3 Å². The molecule has 1 rings (SSSR count). The zero-order valence-electron chi connectivity index (χ0n) is 14.7. The summed E-state index contributed by atoms with van der Waals surface area (Å²) in [5.41, 5.74) is 2.01. The maximum atomic E-state index is 12.0. The first-order valence-electron chi connectivity index (χ1n) is 8.10. The summed E-state index contributed by atoms with van der Waals surface area (Å²) in [5.74, 6) is 0.509. The number of anilines is 1. The number of aliphatic imine (C=N–C) groups is 1. The molecule has 0 radical (unpaired) electrons. The molecule has 0 atom stereocenters. The fraction of sp³-hybridized carbons (Fsp3) is 0.529. The zero-order chi connectivity index (χ0) is 16.9. The minimum atomic E-state index is -0.101. The molecule has 0 saturated carbocycles. The van der Waals surface area contributed by atoms with Gasteiger partial charge in [-0.25, -0.2) is 0 Å². The molecule has 0 spiro atoms. The van der Waals surface area contributed by atoms with Crippen LogP contribution in [0.3, 0.4) is 0 Å². The standard InChI is InChI=1S/C17H28N4O2.HI/c1-4-14-8-6-9-15(12-14)21-16(22)13-20-17(18-3)19-10-7-11-23-5-2;/h6,8-9,12H,4-5,7,10-11,13H2,1-3H3,(H,21,22)(H2,18,19,20);1H. The molecule has 0 aromatic heterocycles. The molecular weight excluding hydrogens is 419 g/mol. The number of guanidine groups is 1. The number of nitrogens with one attached hydrogen (secondary N) is 3. The summed E-state index contributed by atoms with van der Waals surface area (Å²) in [7, 11) is 1.68. The first-order chi connectivity index (χ1) is 11.2. The molecule has 0 heterocycles. The summed E-state index contributed by atoms with van der Waals surface area (Å²) >= 11 is 0. The predicted molar refractivity (Wildman–Crippen MR) is 110 cm³/mol. The van der Waals surface area contributed by atoms with Gasteiger partial charge in [0.2, 0.25) is 5.91 Å².